The smallest absolute Gasteiger partial charge is 0.329 e. The van der Waals surface area contributed by atoms with Gasteiger partial charge in [0.25, 0.3) is 0 Å². The molecule has 98 valence electrons. The Morgan fingerprint density at radius 1 is 1.35 bits per heavy atom. The van der Waals surface area contributed by atoms with Crippen molar-refractivity contribution in [3.8, 4) is 0 Å². The first-order valence-electron chi connectivity index (χ1n) is 6.31. The normalized spacial score (nSPS) is 25.8. The zero-order valence-corrected chi connectivity index (χ0v) is 11.2. The van der Waals surface area contributed by atoms with Crippen molar-refractivity contribution >= 4 is 11.9 Å². The number of carbonyl (C=O) groups is 2. The molecule has 1 heterocycles. The molecule has 1 aliphatic heterocycles. The van der Waals surface area contributed by atoms with Crippen LogP contribution in [0.2, 0.25) is 0 Å². The Kier molecular flexibility index (Phi) is 3.84. The first-order valence-corrected chi connectivity index (χ1v) is 6.31. The first-order chi connectivity index (χ1) is 7.75. The molecule has 1 aliphatic rings. The number of carboxylic acids is 1. The first kappa shape index (κ1) is 14.0. The summed E-state index contributed by atoms with van der Waals surface area (Å²) in [4.78, 5) is 25.4. The fourth-order valence-electron chi connectivity index (χ4n) is 2.19. The summed E-state index contributed by atoms with van der Waals surface area (Å²) in [5.41, 5.74) is -1.50. The Morgan fingerprint density at radius 2 is 1.94 bits per heavy atom. The van der Waals surface area contributed by atoms with E-state index in [0.717, 1.165) is 19.3 Å². The Morgan fingerprint density at radius 3 is 2.41 bits per heavy atom. The zero-order chi connectivity index (χ0) is 13.3. The summed E-state index contributed by atoms with van der Waals surface area (Å²) in [6, 6.07) is 0. The van der Waals surface area contributed by atoms with Gasteiger partial charge in [-0.15, -0.1) is 0 Å². The fraction of sp³-hybridized carbons (Fsp3) is 0.846. The molecule has 4 nitrogen and oxygen atoms in total. The molecule has 0 aromatic heterocycles. The summed E-state index contributed by atoms with van der Waals surface area (Å²) < 4.78 is 0. The van der Waals surface area contributed by atoms with E-state index in [4.69, 9.17) is 0 Å². The summed E-state index contributed by atoms with van der Waals surface area (Å²) >= 11 is 0. The maximum absolute atomic E-state index is 12.4. The lowest BCUT2D eigenvalue weighted by Crippen LogP contribution is -2.60. The predicted molar refractivity (Wildman–Crippen MR) is 65.7 cm³/mol. The number of carbonyl (C=O) groups excluding carboxylic acids is 1. The minimum Gasteiger partial charge on any atom is -0.480 e. The lowest BCUT2D eigenvalue weighted by atomic mass is 9.82. The summed E-state index contributed by atoms with van der Waals surface area (Å²) in [7, 11) is 0. The van der Waals surface area contributed by atoms with E-state index in [1.807, 2.05) is 20.8 Å². The van der Waals surface area contributed by atoms with Gasteiger partial charge in [-0.05, 0) is 32.6 Å². The minimum atomic E-state index is -1.03. The van der Waals surface area contributed by atoms with E-state index >= 15 is 0 Å². The number of piperidine rings is 1. The van der Waals surface area contributed by atoms with Gasteiger partial charge in [-0.2, -0.15) is 0 Å². The van der Waals surface area contributed by atoms with Crippen LogP contribution >= 0.6 is 0 Å². The maximum Gasteiger partial charge on any atom is 0.329 e. The molecule has 0 aliphatic carbocycles. The second-order valence-electron chi connectivity index (χ2n) is 5.73. The van der Waals surface area contributed by atoms with Crippen molar-refractivity contribution in [2.24, 2.45) is 5.41 Å². The highest BCUT2D eigenvalue weighted by Gasteiger charge is 2.46. The van der Waals surface area contributed by atoms with Crippen LogP contribution in [0, 0.1) is 5.41 Å². The lowest BCUT2D eigenvalue weighted by Gasteiger charge is -2.44. The molecule has 1 amide bonds. The van der Waals surface area contributed by atoms with Crippen molar-refractivity contribution in [3.63, 3.8) is 0 Å². The van der Waals surface area contributed by atoms with Crippen LogP contribution in [0.3, 0.4) is 0 Å². The summed E-state index contributed by atoms with van der Waals surface area (Å²) in [5, 5.41) is 9.36. The average Bonchev–Trinajstić information content (AvgIpc) is 2.28. The topological polar surface area (TPSA) is 57.6 Å². The van der Waals surface area contributed by atoms with E-state index in [1.54, 1.807) is 11.8 Å². The van der Waals surface area contributed by atoms with E-state index in [2.05, 4.69) is 0 Å². The highest BCUT2D eigenvalue weighted by atomic mass is 16.4. The number of hydrogen-bond acceptors (Lipinski definition) is 2. The van der Waals surface area contributed by atoms with Crippen LogP contribution in [0.25, 0.3) is 0 Å². The maximum atomic E-state index is 12.4. The lowest BCUT2D eigenvalue weighted by molar-refractivity contribution is -0.165. The summed E-state index contributed by atoms with van der Waals surface area (Å²) in [5.74, 6) is -0.929. The SMILES string of the molecule is CCC(C)(C)C(=O)N1CCCCC1(C)C(=O)O. The molecule has 0 saturated carbocycles. The Bertz CT molecular complexity index is 325. The van der Waals surface area contributed by atoms with Gasteiger partial charge in [-0.3, -0.25) is 4.79 Å². The molecule has 1 rings (SSSR count). The Labute approximate surface area is 103 Å². The summed E-state index contributed by atoms with van der Waals surface area (Å²) in [6.07, 6.45) is 3.04. The second-order valence-corrected chi connectivity index (χ2v) is 5.73. The van der Waals surface area contributed by atoms with Crippen LogP contribution in [0.5, 0.6) is 0 Å². The molecule has 1 atom stereocenters. The largest absolute Gasteiger partial charge is 0.480 e. The Hall–Kier alpha value is -1.06. The van der Waals surface area contributed by atoms with Gasteiger partial charge in [0.2, 0.25) is 5.91 Å². The van der Waals surface area contributed by atoms with E-state index in [0.29, 0.717) is 13.0 Å². The molecule has 0 aromatic rings. The molecule has 17 heavy (non-hydrogen) atoms. The monoisotopic (exact) mass is 241 g/mol. The van der Waals surface area contributed by atoms with E-state index in [-0.39, 0.29) is 5.91 Å². The molecule has 0 radical (unpaired) electrons. The summed E-state index contributed by atoms with van der Waals surface area (Å²) in [6.45, 7) is 7.95. The second kappa shape index (κ2) is 4.67. The van der Waals surface area contributed by atoms with E-state index in [1.165, 1.54) is 0 Å². The van der Waals surface area contributed by atoms with Crippen molar-refractivity contribution < 1.29 is 14.7 Å². The fourth-order valence-corrected chi connectivity index (χ4v) is 2.19. The van der Waals surface area contributed by atoms with Crippen LogP contribution in [0.15, 0.2) is 0 Å². The molecule has 4 heteroatoms. The number of carboxylic acid groups (broad SMARTS) is 1. The molecule has 1 saturated heterocycles. The molecule has 0 spiro atoms. The standard InChI is InChI=1S/C13H23NO3/c1-5-12(2,3)10(15)14-9-7-6-8-13(14,4)11(16)17/h5-9H2,1-4H3,(H,16,17). The molecular weight excluding hydrogens is 218 g/mol. The van der Waals surface area contributed by atoms with Crippen LogP contribution < -0.4 is 0 Å². The third kappa shape index (κ3) is 2.45. The highest BCUT2D eigenvalue weighted by Crippen LogP contribution is 2.33. The van der Waals surface area contributed by atoms with Crippen molar-refractivity contribution in [2.75, 3.05) is 6.54 Å². The Balaban J connectivity index is 3.01. The van der Waals surface area contributed by atoms with Gasteiger partial charge in [-0.1, -0.05) is 20.8 Å². The van der Waals surface area contributed by atoms with E-state index < -0.39 is 16.9 Å². The molecule has 1 fully saturated rings. The van der Waals surface area contributed by atoms with Gasteiger partial charge >= 0.3 is 5.97 Å². The van der Waals surface area contributed by atoms with Gasteiger partial charge in [0.1, 0.15) is 5.54 Å². The number of aliphatic carboxylic acids is 1. The average molecular weight is 241 g/mol. The van der Waals surface area contributed by atoms with Crippen LogP contribution in [-0.2, 0) is 9.59 Å². The predicted octanol–water partition coefficient (Wildman–Crippen LogP) is 2.28. The third-order valence-corrected chi connectivity index (χ3v) is 4.06. The molecular formula is C13H23NO3. The quantitative estimate of drug-likeness (QED) is 0.824. The van der Waals surface area contributed by atoms with E-state index in [9.17, 15) is 14.7 Å². The van der Waals surface area contributed by atoms with Crippen LogP contribution in [-0.4, -0.2) is 34.0 Å². The number of likely N-dealkylation sites (tertiary alicyclic amines) is 1. The van der Waals surface area contributed by atoms with Gasteiger partial charge in [0.05, 0.1) is 0 Å². The number of amides is 1. The van der Waals surface area contributed by atoms with Crippen molar-refractivity contribution in [2.45, 2.75) is 58.9 Å². The molecule has 1 unspecified atom stereocenters. The van der Waals surface area contributed by atoms with Gasteiger partial charge in [-0.25, -0.2) is 4.79 Å². The highest BCUT2D eigenvalue weighted by molar-refractivity contribution is 5.89. The third-order valence-electron chi connectivity index (χ3n) is 4.06. The van der Waals surface area contributed by atoms with Crippen molar-refractivity contribution in [1.82, 2.24) is 4.90 Å². The molecule has 0 aromatic carbocycles. The van der Waals surface area contributed by atoms with Crippen LogP contribution in [0.1, 0.15) is 53.4 Å². The van der Waals surface area contributed by atoms with Crippen LogP contribution in [0.4, 0.5) is 0 Å². The van der Waals surface area contributed by atoms with Gasteiger partial charge in [0.15, 0.2) is 0 Å². The van der Waals surface area contributed by atoms with Crippen molar-refractivity contribution in [1.29, 1.82) is 0 Å². The number of hydrogen-bond donors (Lipinski definition) is 1. The minimum absolute atomic E-state index is 0.0374. The number of nitrogens with zero attached hydrogens (tertiary/aromatic N) is 1. The van der Waals surface area contributed by atoms with Gasteiger partial charge in [0, 0.05) is 12.0 Å². The molecule has 1 N–H and O–H groups in total. The van der Waals surface area contributed by atoms with Crippen molar-refractivity contribution in [3.05, 3.63) is 0 Å². The zero-order valence-electron chi connectivity index (χ0n) is 11.2. The number of rotatable bonds is 3. The van der Waals surface area contributed by atoms with Gasteiger partial charge < -0.3 is 10.0 Å². The molecule has 0 bridgehead atoms.